The molecular formula is C19H20ClN3O2S. The number of carbonyl (C=O) groups excluding carboxylic acids is 1. The molecule has 1 saturated heterocycles. The first kappa shape index (κ1) is 18.6. The Bertz CT molecular complexity index is 855. The molecule has 0 unspecified atom stereocenters. The highest BCUT2D eigenvalue weighted by Gasteiger charge is 2.18. The summed E-state index contributed by atoms with van der Waals surface area (Å²) in [5.74, 6) is 0.873. The monoisotopic (exact) mass is 389 g/mol. The first-order valence-electron chi connectivity index (χ1n) is 8.40. The molecule has 0 saturated carbocycles. The van der Waals surface area contributed by atoms with Gasteiger partial charge in [0, 0.05) is 30.1 Å². The van der Waals surface area contributed by atoms with Crippen LogP contribution in [0.3, 0.4) is 0 Å². The predicted molar refractivity (Wildman–Crippen MR) is 106 cm³/mol. The van der Waals surface area contributed by atoms with E-state index in [0.29, 0.717) is 0 Å². The average Bonchev–Trinajstić information content (AvgIpc) is 3.28. The Hall–Kier alpha value is -2.15. The fourth-order valence-corrected chi connectivity index (χ4v) is 3.96. The minimum atomic E-state index is 0. The third-order valence-electron chi connectivity index (χ3n) is 4.30. The molecule has 1 N–H and O–H groups in total. The lowest BCUT2D eigenvalue weighted by Crippen LogP contribution is -2.34. The number of hydrogen-bond acceptors (Lipinski definition) is 5. The van der Waals surface area contributed by atoms with Crippen LogP contribution in [0.2, 0.25) is 0 Å². The number of halogens is 1. The number of thiophene rings is 1. The fourth-order valence-electron chi connectivity index (χ4n) is 3.00. The average molecular weight is 390 g/mol. The van der Waals surface area contributed by atoms with E-state index in [9.17, 15) is 4.79 Å². The summed E-state index contributed by atoms with van der Waals surface area (Å²) in [5, 5.41) is 3.33. The second kappa shape index (κ2) is 8.49. The first-order valence-corrected chi connectivity index (χ1v) is 9.22. The maximum Gasteiger partial charge on any atom is 0.253 e. The van der Waals surface area contributed by atoms with Crippen LogP contribution < -0.4 is 5.32 Å². The molecule has 7 heteroatoms. The van der Waals surface area contributed by atoms with Crippen LogP contribution >= 0.6 is 23.7 Å². The van der Waals surface area contributed by atoms with Gasteiger partial charge in [0.2, 0.25) is 0 Å². The first-order chi connectivity index (χ1) is 12.3. The molecule has 1 aliphatic rings. The smallest absolute Gasteiger partial charge is 0.253 e. The van der Waals surface area contributed by atoms with Gasteiger partial charge in [0.15, 0.2) is 12.2 Å². The summed E-state index contributed by atoms with van der Waals surface area (Å²) < 4.78 is 5.35. The summed E-state index contributed by atoms with van der Waals surface area (Å²) in [6.45, 7) is 3.41. The van der Waals surface area contributed by atoms with Crippen LogP contribution in [-0.4, -0.2) is 42.0 Å². The Morgan fingerprint density at radius 2 is 2.04 bits per heavy atom. The van der Waals surface area contributed by atoms with Gasteiger partial charge in [-0.3, -0.25) is 4.79 Å². The molecule has 4 rings (SSSR count). The zero-order valence-corrected chi connectivity index (χ0v) is 15.8. The normalized spacial score (nSPS) is 14.5. The highest BCUT2D eigenvalue weighted by molar-refractivity contribution is 7.18. The Morgan fingerprint density at radius 3 is 2.88 bits per heavy atom. The summed E-state index contributed by atoms with van der Waals surface area (Å²) in [6, 6.07) is 12.0. The lowest BCUT2D eigenvalue weighted by Gasteiger charge is -2.20. The zero-order chi connectivity index (χ0) is 17.1. The van der Waals surface area contributed by atoms with Crippen LogP contribution in [0.15, 0.2) is 53.4 Å². The Kier molecular flexibility index (Phi) is 6.08. The molecule has 1 aromatic carbocycles. The summed E-state index contributed by atoms with van der Waals surface area (Å²) >= 11 is 1.63. The maximum atomic E-state index is 12.8. The number of rotatable bonds is 3. The van der Waals surface area contributed by atoms with E-state index in [1.165, 1.54) is 6.39 Å². The number of hydrogen-bond donors (Lipinski definition) is 1. The molecule has 26 heavy (non-hydrogen) atoms. The van der Waals surface area contributed by atoms with Gasteiger partial charge in [-0.05, 0) is 42.8 Å². The molecule has 3 heterocycles. The van der Waals surface area contributed by atoms with Crippen molar-refractivity contribution in [2.24, 2.45) is 0 Å². The van der Waals surface area contributed by atoms with Gasteiger partial charge >= 0.3 is 0 Å². The molecule has 1 amide bonds. The van der Waals surface area contributed by atoms with Gasteiger partial charge in [-0.15, -0.1) is 23.7 Å². The number of oxazole rings is 1. The second-order valence-electron chi connectivity index (χ2n) is 6.01. The predicted octanol–water partition coefficient (Wildman–Crippen LogP) is 3.93. The second-order valence-corrected chi connectivity index (χ2v) is 7.09. The van der Waals surface area contributed by atoms with Crippen molar-refractivity contribution in [3.63, 3.8) is 0 Å². The SMILES string of the molecule is Cl.O=C(c1cccc(-c2ccc(-c3cnco3)s2)c1)N1CCCNCC1. The minimum Gasteiger partial charge on any atom is -0.443 e. The van der Waals surface area contributed by atoms with Gasteiger partial charge in [0.25, 0.3) is 5.91 Å². The van der Waals surface area contributed by atoms with Crippen molar-refractivity contribution in [2.75, 3.05) is 26.2 Å². The Morgan fingerprint density at radius 1 is 1.15 bits per heavy atom. The van der Waals surface area contributed by atoms with Crippen molar-refractivity contribution in [3.05, 3.63) is 54.6 Å². The van der Waals surface area contributed by atoms with E-state index in [0.717, 1.165) is 59.2 Å². The largest absolute Gasteiger partial charge is 0.443 e. The number of benzene rings is 1. The molecule has 3 aromatic rings. The molecule has 5 nitrogen and oxygen atoms in total. The Labute approximate surface area is 162 Å². The lowest BCUT2D eigenvalue weighted by atomic mass is 10.1. The maximum absolute atomic E-state index is 12.8. The molecule has 0 spiro atoms. The van der Waals surface area contributed by atoms with Crippen molar-refractivity contribution >= 4 is 29.7 Å². The van der Waals surface area contributed by atoms with E-state index >= 15 is 0 Å². The lowest BCUT2D eigenvalue weighted by molar-refractivity contribution is 0.0766. The van der Waals surface area contributed by atoms with Gasteiger partial charge < -0.3 is 14.6 Å². The zero-order valence-electron chi connectivity index (χ0n) is 14.2. The molecule has 0 aliphatic carbocycles. The molecular weight excluding hydrogens is 370 g/mol. The van der Waals surface area contributed by atoms with Gasteiger partial charge in [0.1, 0.15) is 0 Å². The highest BCUT2D eigenvalue weighted by Crippen LogP contribution is 2.34. The van der Waals surface area contributed by atoms with Gasteiger partial charge in [-0.2, -0.15) is 0 Å². The van der Waals surface area contributed by atoms with E-state index in [1.807, 2.05) is 35.2 Å². The van der Waals surface area contributed by atoms with Crippen LogP contribution in [0.25, 0.3) is 21.1 Å². The van der Waals surface area contributed by atoms with Gasteiger partial charge in [-0.1, -0.05) is 12.1 Å². The van der Waals surface area contributed by atoms with Crippen LogP contribution in [0, 0.1) is 0 Å². The van der Waals surface area contributed by atoms with E-state index in [2.05, 4.69) is 16.4 Å². The molecule has 2 aromatic heterocycles. The van der Waals surface area contributed by atoms with Crippen molar-refractivity contribution in [2.45, 2.75) is 6.42 Å². The Balaban J connectivity index is 0.00000196. The number of nitrogens with zero attached hydrogens (tertiary/aromatic N) is 2. The highest BCUT2D eigenvalue weighted by atomic mass is 35.5. The number of nitrogens with one attached hydrogen (secondary N) is 1. The van der Waals surface area contributed by atoms with E-state index < -0.39 is 0 Å². The number of aromatic nitrogens is 1. The van der Waals surface area contributed by atoms with Crippen molar-refractivity contribution < 1.29 is 9.21 Å². The molecule has 0 bridgehead atoms. The minimum absolute atomic E-state index is 0. The summed E-state index contributed by atoms with van der Waals surface area (Å²) in [7, 11) is 0. The van der Waals surface area contributed by atoms with E-state index in [4.69, 9.17) is 4.42 Å². The standard InChI is InChI=1S/C19H19N3O2S.ClH/c23-19(22-9-2-7-20-8-10-22)15-4-1-3-14(11-15)17-5-6-18(25-17)16-12-21-13-24-16;/h1,3-6,11-13,20H,2,7-10H2;1H. The molecule has 0 radical (unpaired) electrons. The van der Waals surface area contributed by atoms with E-state index in [1.54, 1.807) is 17.5 Å². The van der Waals surface area contributed by atoms with E-state index in [-0.39, 0.29) is 18.3 Å². The fraction of sp³-hybridized carbons (Fsp3) is 0.263. The van der Waals surface area contributed by atoms with Crippen LogP contribution in [-0.2, 0) is 0 Å². The molecule has 0 atom stereocenters. The van der Waals surface area contributed by atoms with Crippen molar-refractivity contribution in [1.29, 1.82) is 0 Å². The van der Waals surface area contributed by atoms with Crippen molar-refractivity contribution in [3.8, 4) is 21.1 Å². The third kappa shape index (κ3) is 3.98. The summed E-state index contributed by atoms with van der Waals surface area (Å²) in [5.41, 5.74) is 1.79. The molecule has 136 valence electrons. The summed E-state index contributed by atoms with van der Waals surface area (Å²) in [6.07, 6.45) is 4.14. The van der Waals surface area contributed by atoms with Gasteiger partial charge in [-0.25, -0.2) is 4.98 Å². The van der Waals surface area contributed by atoms with Crippen molar-refractivity contribution in [1.82, 2.24) is 15.2 Å². The van der Waals surface area contributed by atoms with Gasteiger partial charge in [0.05, 0.1) is 11.1 Å². The van der Waals surface area contributed by atoms with Crippen LogP contribution in [0.5, 0.6) is 0 Å². The molecule has 1 aliphatic heterocycles. The van der Waals surface area contributed by atoms with Crippen LogP contribution in [0.4, 0.5) is 0 Å². The quantitative estimate of drug-likeness (QED) is 0.737. The van der Waals surface area contributed by atoms with Crippen LogP contribution in [0.1, 0.15) is 16.8 Å². The molecule has 1 fully saturated rings. The summed E-state index contributed by atoms with van der Waals surface area (Å²) in [4.78, 5) is 20.8. The third-order valence-corrected chi connectivity index (χ3v) is 5.45. The number of amides is 1. The number of carbonyl (C=O) groups is 1. The topological polar surface area (TPSA) is 58.4 Å².